The van der Waals surface area contributed by atoms with Crippen LogP contribution in [0, 0.1) is 0 Å². The summed E-state index contributed by atoms with van der Waals surface area (Å²) in [7, 11) is 0. The lowest BCUT2D eigenvalue weighted by molar-refractivity contribution is 0.0914. The number of fused-ring (bicyclic) bond motifs is 1. The Hall–Kier alpha value is -0.870. The molecule has 3 nitrogen and oxygen atoms in total. The third-order valence-corrected chi connectivity index (χ3v) is 4.44. The van der Waals surface area contributed by atoms with Gasteiger partial charge >= 0.3 is 0 Å². The molecule has 2 N–H and O–H groups in total. The molecule has 1 aliphatic rings. The van der Waals surface area contributed by atoms with Crippen LogP contribution in [0.2, 0.25) is 0 Å². The number of hydrogen-bond acceptors (Lipinski definition) is 3. The second kappa shape index (κ2) is 5.65. The number of amides is 1. The highest BCUT2D eigenvalue weighted by atomic mass is 32.1. The minimum atomic E-state index is -0.123. The van der Waals surface area contributed by atoms with Crippen LogP contribution in [0.5, 0.6) is 0 Å². The van der Waals surface area contributed by atoms with Crippen molar-refractivity contribution in [3.8, 4) is 0 Å². The van der Waals surface area contributed by atoms with Gasteiger partial charge in [0.25, 0.3) is 5.91 Å². The third kappa shape index (κ3) is 2.69. The van der Waals surface area contributed by atoms with Crippen molar-refractivity contribution in [2.24, 2.45) is 0 Å². The van der Waals surface area contributed by atoms with Gasteiger partial charge in [-0.05, 0) is 37.7 Å². The molecule has 1 unspecified atom stereocenters. The quantitative estimate of drug-likeness (QED) is 0.863. The van der Waals surface area contributed by atoms with Crippen molar-refractivity contribution in [1.82, 2.24) is 5.32 Å². The molecule has 1 amide bonds. The molecule has 0 spiro atoms. The summed E-state index contributed by atoms with van der Waals surface area (Å²) < 4.78 is 0. The van der Waals surface area contributed by atoms with Crippen LogP contribution in [-0.4, -0.2) is 23.7 Å². The van der Waals surface area contributed by atoms with Gasteiger partial charge in [-0.2, -0.15) is 0 Å². The zero-order chi connectivity index (χ0) is 12.3. The van der Waals surface area contributed by atoms with Crippen LogP contribution in [0.3, 0.4) is 0 Å². The summed E-state index contributed by atoms with van der Waals surface area (Å²) >= 11 is 1.70. The highest BCUT2D eigenvalue weighted by Gasteiger charge is 2.21. The average Bonchev–Trinajstić information content (AvgIpc) is 2.79. The maximum atomic E-state index is 12.1. The lowest BCUT2D eigenvalue weighted by atomic mass is 9.95. The molecular weight excluding hydrogens is 234 g/mol. The zero-order valence-corrected chi connectivity index (χ0v) is 11.0. The predicted molar refractivity (Wildman–Crippen MR) is 69.6 cm³/mol. The van der Waals surface area contributed by atoms with Crippen LogP contribution in [0.1, 0.15) is 47.0 Å². The molecule has 2 rings (SSSR count). The van der Waals surface area contributed by atoms with E-state index in [1.807, 2.05) is 12.3 Å². The summed E-state index contributed by atoms with van der Waals surface area (Å²) in [6.45, 7) is 1.97. The largest absolute Gasteiger partial charge is 0.394 e. The number of thiophene rings is 1. The monoisotopic (exact) mass is 253 g/mol. The van der Waals surface area contributed by atoms with E-state index in [2.05, 4.69) is 5.32 Å². The fourth-order valence-corrected chi connectivity index (χ4v) is 3.35. The molecule has 94 valence electrons. The van der Waals surface area contributed by atoms with Crippen molar-refractivity contribution in [2.45, 2.75) is 45.1 Å². The highest BCUT2D eigenvalue weighted by Crippen LogP contribution is 2.30. The molecule has 0 aliphatic heterocycles. The lowest BCUT2D eigenvalue weighted by Crippen LogP contribution is -2.37. The maximum Gasteiger partial charge on any atom is 0.252 e. The zero-order valence-electron chi connectivity index (χ0n) is 10.2. The van der Waals surface area contributed by atoms with Gasteiger partial charge in [0, 0.05) is 10.3 Å². The molecule has 4 heteroatoms. The number of carbonyl (C=O) groups is 1. The Kier molecular flexibility index (Phi) is 4.18. The first-order valence-electron chi connectivity index (χ1n) is 6.27. The highest BCUT2D eigenvalue weighted by molar-refractivity contribution is 7.10. The second-order valence-electron chi connectivity index (χ2n) is 4.52. The van der Waals surface area contributed by atoms with Gasteiger partial charge in [-0.25, -0.2) is 0 Å². The van der Waals surface area contributed by atoms with Crippen molar-refractivity contribution in [3.05, 3.63) is 21.4 Å². The lowest BCUT2D eigenvalue weighted by Gasteiger charge is -2.16. The Bertz CT molecular complexity index is 396. The smallest absolute Gasteiger partial charge is 0.252 e. The second-order valence-corrected chi connectivity index (χ2v) is 5.48. The summed E-state index contributed by atoms with van der Waals surface area (Å²) in [5.41, 5.74) is 2.07. The van der Waals surface area contributed by atoms with Crippen molar-refractivity contribution in [1.29, 1.82) is 0 Å². The third-order valence-electron chi connectivity index (χ3n) is 3.35. The van der Waals surface area contributed by atoms with Crippen LogP contribution in [0.25, 0.3) is 0 Å². The standard InChI is InChI=1S/C13H19NO2S/c1-2-9(7-15)14-13(16)11-8-17-12-6-4-3-5-10(11)12/h8-9,15H,2-7H2,1H3,(H,14,16). The van der Waals surface area contributed by atoms with Crippen molar-refractivity contribution in [3.63, 3.8) is 0 Å². The summed E-state index contributed by atoms with van der Waals surface area (Å²) in [6, 6.07) is -0.123. The van der Waals surface area contributed by atoms with Gasteiger partial charge in [-0.3, -0.25) is 4.79 Å². The van der Waals surface area contributed by atoms with Crippen LogP contribution in [-0.2, 0) is 12.8 Å². The Balaban J connectivity index is 2.11. The normalized spacial score (nSPS) is 16.4. The van der Waals surface area contributed by atoms with Crippen LogP contribution in [0.15, 0.2) is 5.38 Å². The van der Waals surface area contributed by atoms with Crippen LogP contribution < -0.4 is 5.32 Å². The van der Waals surface area contributed by atoms with Crippen molar-refractivity contribution in [2.75, 3.05) is 6.61 Å². The van der Waals surface area contributed by atoms with Gasteiger partial charge in [0.1, 0.15) is 0 Å². The molecule has 1 aromatic heterocycles. The molecular formula is C13H19NO2S. The maximum absolute atomic E-state index is 12.1. The van der Waals surface area contributed by atoms with Gasteiger partial charge in [0.15, 0.2) is 0 Å². The number of aryl methyl sites for hydroxylation is 1. The van der Waals surface area contributed by atoms with Gasteiger partial charge < -0.3 is 10.4 Å². The minimum absolute atomic E-state index is 0.00850. The van der Waals surface area contributed by atoms with E-state index < -0.39 is 0 Å². The number of hydrogen-bond donors (Lipinski definition) is 2. The number of rotatable bonds is 4. The first kappa shape index (κ1) is 12.6. The fraction of sp³-hybridized carbons (Fsp3) is 0.615. The number of nitrogens with one attached hydrogen (secondary N) is 1. The SMILES string of the molecule is CCC(CO)NC(=O)c1csc2c1CCCC2. The number of aliphatic hydroxyl groups excluding tert-OH is 1. The van der Waals surface area contributed by atoms with E-state index in [1.54, 1.807) is 11.3 Å². The topological polar surface area (TPSA) is 49.3 Å². The molecule has 17 heavy (non-hydrogen) atoms. The first-order chi connectivity index (χ1) is 8.26. The molecule has 1 aromatic rings. The van der Waals surface area contributed by atoms with E-state index in [0.29, 0.717) is 0 Å². The molecule has 1 heterocycles. The van der Waals surface area contributed by atoms with E-state index in [9.17, 15) is 4.79 Å². The predicted octanol–water partition coefficient (Wildman–Crippen LogP) is 2.13. The molecule has 0 saturated carbocycles. The number of carbonyl (C=O) groups excluding carboxylic acids is 1. The summed E-state index contributed by atoms with van der Waals surface area (Å²) in [6.07, 6.45) is 5.32. The first-order valence-corrected chi connectivity index (χ1v) is 7.15. The van der Waals surface area contributed by atoms with Crippen LogP contribution >= 0.6 is 11.3 Å². The van der Waals surface area contributed by atoms with Gasteiger partial charge in [0.2, 0.25) is 0 Å². The Morgan fingerprint density at radius 3 is 3.00 bits per heavy atom. The van der Waals surface area contributed by atoms with Gasteiger partial charge in [-0.1, -0.05) is 6.92 Å². The Morgan fingerprint density at radius 1 is 1.53 bits per heavy atom. The van der Waals surface area contributed by atoms with E-state index >= 15 is 0 Å². The Labute approximate surface area is 106 Å². The fourth-order valence-electron chi connectivity index (χ4n) is 2.22. The van der Waals surface area contributed by atoms with E-state index in [4.69, 9.17) is 5.11 Å². The van der Waals surface area contributed by atoms with E-state index in [1.165, 1.54) is 23.3 Å². The summed E-state index contributed by atoms with van der Waals surface area (Å²) in [5, 5.41) is 14.0. The Morgan fingerprint density at radius 2 is 2.29 bits per heavy atom. The van der Waals surface area contributed by atoms with Crippen LogP contribution in [0.4, 0.5) is 0 Å². The van der Waals surface area contributed by atoms with Crippen molar-refractivity contribution >= 4 is 17.2 Å². The van der Waals surface area contributed by atoms with Gasteiger partial charge in [0.05, 0.1) is 18.2 Å². The molecule has 1 aliphatic carbocycles. The minimum Gasteiger partial charge on any atom is -0.394 e. The van der Waals surface area contributed by atoms with E-state index in [0.717, 1.165) is 24.8 Å². The number of aliphatic hydroxyl groups is 1. The van der Waals surface area contributed by atoms with E-state index in [-0.39, 0.29) is 18.6 Å². The molecule has 0 bridgehead atoms. The molecule has 0 radical (unpaired) electrons. The molecule has 0 fully saturated rings. The van der Waals surface area contributed by atoms with Crippen molar-refractivity contribution < 1.29 is 9.90 Å². The molecule has 0 aromatic carbocycles. The summed E-state index contributed by atoms with van der Waals surface area (Å²) in [5.74, 6) is -0.0229. The average molecular weight is 253 g/mol. The molecule has 0 saturated heterocycles. The summed E-state index contributed by atoms with van der Waals surface area (Å²) in [4.78, 5) is 13.5. The molecule has 1 atom stereocenters. The van der Waals surface area contributed by atoms with Gasteiger partial charge in [-0.15, -0.1) is 11.3 Å².